The highest BCUT2D eigenvalue weighted by Crippen LogP contribution is 2.17. The molecule has 0 saturated carbocycles. The number of urea groups is 1. The number of anilines is 1. The highest BCUT2D eigenvalue weighted by atomic mass is 16.2. The molecule has 5 nitrogen and oxygen atoms in total. The summed E-state index contributed by atoms with van der Waals surface area (Å²) in [5, 5.41) is 2.88. The van der Waals surface area contributed by atoms with Crippen LogP contribution in [0.5, 0.6) is 0 Å². The Morgan fingerprint density at radius 2 is 1.73 bits per heavy atom. The van der Waals surface area contributed by atoms with Gasteiger partial charge >= 0.3 is 6.03 Å². The zero-order chi connectivity index (χ0) is 16.3. The van der Waals surface area contributed by atoms with Gasteiger partial charge in [-0.2, -0.15) is 0 Å². The van der Waals surface area contributed by atoms with Crippen molar-refractivity contribution in [3.8, 4) is 0 Å². The summed E-state index contributed by atoms with van der Waals surface area (Å²) < 4.78 is 0. The maximum atomic E-state index is 12.3. The van der Waals surface area contributed by atoms with E-state index in [2.05, 4.69) is 31.0 Å². The monoisotopic (exact) mass is 303 g/mol. The number of nitrogens with zero attached hydrogens (tertiary/aromatic N) is 2. The van der Waals surface area contributed by atoms with Crippen molar-refractivity contribution in [2.24, 2.45) is 0 Å². The molecule has 0 atom stereocenters. The summed E-state index contributed by atoms with van der Waals surface area (Å²) in [5.41, 5.74) is 1.41. The van der Waals surface area contributed by atoms with Crippen LogP contribution in [-0.4, -0.2) is 53.3 Å². The van der Waals surface area contributed by atoms with Gasteiger partial charge in [0.2, 0.25) is 0 Å². The molecule has 1 heterocycles. The van der Waals surface area contributed by atoms with Crippen LogP contribution in [0.25, 0.3) is 0 Å². The largest absolute Gasteiger partial charge is 0.322 e. The van der Waals surface area contributed by atoms with Gasteiger partial charge in [0.25, 0.3) is 0 Å². The van der Waals surface area contributed by atoms with E-state index in [4.69, 9.17) is 0 Å². The van der Waals surface area contributed by atoms with Crippen molar-refractivity contribution in [3.63, 3.8) is 0 Å². The molecule has 1 aliphatic heterocycles. The number of rotatable bonds is 2. The van der Waals surface area contributed by atoms with Crippen molar-refractivity contribution in [1.82, 2.24) is 9.80 Å². The Balaban J connectivity index is 1.94. The molecule has 0 unspecified atom stereocenters. The van der Waals surface area contributed by atoms with Crippen molar-refractivity contribution in [2.45, 2.75) is 33.2 Å². The predicted molar refractivity (Wildman–Crippen MR) is 88.4 cm³/mol. The summed E-state index contributed by atoms with van der Waals surface area (Å²) >= 11 is 0. The van der Waals surface area contributed by atoms with Crippen molar-refractivity contribution >= 4 is 17.5 Å². The molecule has 2 rings (SSSR count). The molecule has 1 saturated heterocycles. The molecule has 0 radical (unpaired) electrons. The van der Waals surface area contributed by atoms with Gasteiger partial charge in [0.15, 0.2) is 5.78 Å². The van der Waals surface area contributed by atoms with Gasteiger partial charge in [-0.1, -0.05) is 12.1 Å². The lowest BCUT2D eigenvalue weighted by atomic mass is 10.1. The first-order valence-electron chi connectivity index (χ1n) is 7.69. The van der Waals surface area contributed by atoms with Gasteiger partial charge in [-0.3, -0.25) is 9.69 Å². The number of ketones is 1. The molecule has 1 N–H and O–H groups in total. The molecule has 1 aliphatic rings. The molecule has 0 aromatic heterocycles. The second-order valence-corrected chi connectivity index (χ2v) is 6.71. The first-order chi connectivity index (χ1) is 10.3. The lowest BCUT2D eigenvalue weighted by Crippen LogP contribution is -2.55. The maximum absolute atomic E-state index is 12.3. The summed E-state index contributed by atoms with van der Waals surface area (Å²) in [7, 11) is 0. The Labute approximate surface area is 132 Å². The maximum Gasteiger partial charge on any atom is 0.321 e. The highest BCUT2D eigenvalue weighted by Gasteiger charge is 2.27. The zero-order valence-electron chi connectivity index (χ0n) is 13.8. The van der Waals surface area contributed by atoms with Gasteiger partial charge in [-0.25, -0.2) is 4.79 Å². The first kappa shape index (κ1) is 16.5. The van der Waals surface area contributed by atoms with Crippen LogP contribution in [0, 0.1) is 0 Å². The van der Waals surface area contributed by atoms with Gasteiger partial charge in [0.1, 0.15) is 0 Å². The Hall–Kier alpha value is -1.88. The quantitative estimate of drug-likeness (QED) is 0.855. The fourth-order valence-corrected chi connectivity index (χ4v) is 2.60. The third-order valence-corrected chi connectivity index (χ3v) is 4.04. The van der Waals surface area contributed by atoms with Gasteiger partial charge in [-0.05, 0) is 39.8 Å². The molecule has 120 valence electrons. The zero-order valence-corrected chi connectivity index (χ0v) is 13.8. The molecular formula is C17H25N3O2. The van der Waals surface area contributed by atoms with Crippen LogP contribution < -0.4 is 5.32 Å². The normalized spacial score (nSPS) is 16.5. The number of Topliss-reactive ketones (excluding diaryl/α,β-unsaturated/α-hetero) is 1. The van der Waals surface area contributed by atoms with E-state index in [0.717, 1.165) is 26.2 Å². The highest BCUT2D eigenvalue weighted by molar-refractivity contribution is 5.96. The van der Waals surface area contributed by atoms with E-state index < -0.39 is 0 Å². The van der Waals surface area contributed by atoms with E-state index in [9.17, 15) is 9.59 Å². The number of carbonyl (C=O) groups excluding carboxylic acids is 2. The van der Waals surface area contributed by atoms with E-state index in [1.807, 2.05) is 4.90 Å². The minimum absolute atomic E-state index is 0.00473. The third-order valence-electron chi connectivity index (χ3n) is 4.04. The Morgan fingerprint density at radius 1 is 1.09 bits per heavy atom. The Morgan fingerprint density at radius 3 is 2.27 bits per heavy atom. The minimum atomic E-state index is -0.103. The SMILES string of the molecule is CC(=O)c1cccc(NC(=O)N2CCN(C(C)(C)C)CC2)c1. The smallest absolute Gasteiger partial charge is 0.321 e. The summed E-state index contributed by atoms with van der Waals surface area (Å²) in [5.74, 6) is -0.00473. The number of benzene rings is 1. The number of amides is 2. The number of carbonyl (C=O) groups is 2. The molecule has 0 aliphatic carbocycles. The van der Waals surface area contributed by atoms with E-state index in [1.165, 1.54) is 6.92 Å². The summed E-state index contributed by atoms with van der Waals surface area (Å²) in [6.45, 7) is 11.3. The molecule has 2 amide bonds. The van der Waals surface area contributed by atoms with E-state index in [1.54, 1.807) is 24.3 Å². The average molecular weight is 303 g/mol. The van der Waals surface area contributed by atoms with Gasteiger partial charge in [0, 0.05) is 43.0 Å². The van der Waals surface area contributed by atoms with Crippen molar-refractivity contribution in [2.75, 3.05) is 31.5 Å². The lowest BCUT2D eigenvalue weighted by molar-refractivity contribution is 0.0774. The van der Waals surface area contributed by atoms with Gasteiger partial charge < -0.3 is 10.2 Å². The van der Waals surface area contributed by atoms with Crippen LogP contribution in [0.1, 0.15) is 38.1 Å². The molecule has 0 spiro atoms. The predicted octanol–water partition coefficient (Wildman–Crippen LogP) is 2.84. The van der Waals surface area contributed by atoms with E-state index in [-0.39, 0.29) is 17.4 Å². The van der Waals surface area contributed by atoms with Gasteiger partial charge in [-0.15, -0.1) is 0 Å². The molecule has 1 aromatic carbocycles. The van der Waals surface area contributed by atoms with E-state index in [0.29, 0.717) is 11.3 Å². The van der Waals surface area contributed by atoms with Crippen molar-refractivity contribution < 1.29 is 9.59 Å². The van der Waals surface area contributed by atoms with Crippen molar-refractivity contribution in [3.05, 3.63) is 29.8 Å². The Bertz CT molecular complexity index is 555. The molecule has 22 heavy (non-hydrogen) atoms. The Kier molecular flexibility index (Phi) is 4.86. The number of hydrogen-bond acceptors (Lipinski definition) is 3. The van der Waals surface area contributed by atoms with Crippen LogP contribution in [0.3, 0.4) is 0 Å². The van der Waals surface area contributed by atoms with Gasteiger partial charge in [0.05, 0.1) is 0 Å². The first-order valence-corrected chi connectivity index (χ1v) is 7.69. The fraction of sp³-hybridized carbons (Fsp3) is 0.529. The lowest BCUT2D eigenvalue weighted by Gasteiger charge is -2.42. The summed E-state index contributed by atoms with van der Waals surface area (Å²) in [6, 6.07) is 6.94. The average Bonchev–Trinajstić information content (AvgIpc) is 2.46. The molecular weight excluding hydrogens is 278 g/mol. The van der Waals surface area contributed by atoms with E-state index >= 15 is 0 Å². The van der Waals surface area contributed by atoms with Crippen LogP contribution in [0.2, 0.25) is 0 Å². The minimum Gasteiger partial charge on any atom is -0.322 e. The van der Waals surface area contributed by atoms with Crippen LogP contribution >= 0.6 is 0 Å². The van der Waals surface area contributed by atoms with Crippen LogP contribution in [0.4, 0.5) is 10.5 Å². The molecule has 0 bridgehead atoms. The number of hydrogen-bond donors (Lipinski definition) is 1. The molecule has 1 aromatic rings. The second-order valence-electron chi connectivity index (χ2n) is 6.71. The topological polar surface area (TPSA) is 52.7 Å². The number of nitrogens with one attached hydrogen (secondary N) is 1. The molecule has 1 fully saturated rings. The van der Waals surface area contributed by atoms with Crippen LogP contribution in [-0.2, 0) is 0 Å². The van der Waals surface area contributed by atoms with Crippen LogP contribution in [0.15, 0.2) is 24.3 Å². The summed E-state index contributed by atoms with van der Waals surface area (Å²) in [4.78, 5) is 27.9. The number of piperazine rings is 1. The second kappa shape index (κ2) is 6.48. The fourth-order valence-electron chi connectivity index (χ4n) is 2.60. The molecule has 5 heteroatoms. The van der Waals surface area contributed by atoms with Crippen molar-refractivity contribution in [1.29, 1.82) is 0 Å². The standard InChI is InChI=1S/C17H25N3O2/c1-13(21)14-6-5-7-15(12-14)18-16(22)19-8-10-20(11-9-19)17(2,3)4/h5-7,12H,8-11H2,1-4H3,(H,18,22). The third kappa shape index (κ3) is 4.07. The summed E-state index contributed by atoms with van der Waals surface area (Å²) in [6.07, 6.45) is 0.